The van der Waals surface area contributed by atoms with Crippen molar-refractivity contribution in [3.05, 3.63) is 33.8 Å². The van der Waals surface area contributed by atoms with Crippen LogP contribution in [0, 0.1) is 0 Å². The van der Waals surface area contributed by atoms with Gasteiger partial charge in [0.2, 0.25) is 5.91 Å². The molecule has 3 nitrogen and oxygen atoms in total. The van der Waals surface area contributed by atoms with Crippen molar-refractivity contribution in [3.63, 3.8) is 0 Å². The van der Waals surface area contributed by atoms with Crippen molar-refractivity contribution in [2.45, 2.75) is 45.6 Å². The van der Waals surface area contributed by atoms with Gasteiger partial charge in [-0.2, -0.15) is 0 Å². The van der Waals surface area contributed by atoms with Gasteiger partial charge in [-0.15, -0.1) is 0 Å². The summed E-state index contributed by atoms with van der Waals surface area (Å²) in [5.74, 6) is 0.195. The molecule has 0 saturated carbocycles. The van der Waals surface area contributed by atoms with Crippen LogP contribution < -0.4 is 0 Å². The van der Waals surface area contributed by atoms with Gasteiger partial charge in [-0.25, -0.2) is 0 Å². The lowest BCUT2D eigenvalue weighted by Gasteiger charge is -2.38. The molecule has 1 aliphatic rings. The van der Waals surface area contributed by atoms with Crippen molar-refractivity contribution in [3.8, 4) is 0 Å². The molecule has 1 aromatic carbocycles. The van der Waals surface area contributed by atoms with Crippen LogP contribution in [-0.2, 0) is 11.2 Å². The Morgan fingerprint density at radius 2 is 1.96 bits per heavy atom. The number of nitrogens with zero attached hydrogens (tertiary/aromatic N) is 2. The van der Waals surface area contributed by atoms with Gasteiger partial charge in [0.1, 0.15) is 0 Å². The zero-order valence-corrected chi connectivity index (χ0v) is 15.5. The standard InChI is InChI=1S/C18H26Cl2N2O/c1-3-21(4-2)13-15-7-5-6-10-22(15)18(23)12-14-8-9-16(19)17(20)11-14/h8-9,11,15H,3-7,10,12-13H2,1-2H3/t15-/m0/s1. The van der Waals surface area contributed by atoms with E-state index in [2.05, 4.69) is 23.6 Å². The summed E-state index contributed by atoms with van der Waals surface area (Å²) in [6.45, 7) is 8.25. The van der Waals surface area contributed by atoms with E-state index in [0.29, 0.717) is 22.5 Å². The highest BCUT2D eigenvalue weighted by molar-refractivity contribution is 6.42. The van der Waals surface area contributed by atoms with Crippen LogP contribution in [0.3, 0.4) is 0 Å². The number of hydrogen-bond acceptors (Lipinski definition) is 2. The van der Waals surface area contributed by atoms with E-state index in [-0.39, 0.29) is 5.91 Å². The summed E-state index contributed by atoms with van der Waals surface area (Å²) in [5.41, 5.74) is 0.927. The normalized spacial score (nSPS) is 18.5. The maximum atomic E-state index is 12.8. The summed E-state index contributed by atoms with van der Waals surface area (Å²) in [4.78, 5) is 17.2. The first-order chi connectivity index (χ1) is 11.0. The highest BCUT2D eigenvalue weighted by Gasteiger charge is 2.27. The largest absolute Gasteiger partial charge is 0.338 e. The lowest BCUT2D eigenvalue weighted by atomic mass is 10.00. The minimum absolute atomic E-state index is 0.195. The molecule has 0 radical (unpaired) electrons. The summed E-state index contributed by atoms with van der Waals surface area (Å²) in [6.07, 6.45) is 3.81. The monoisotopic (exact) mass is 356 g/mol. The van der Waals surface area contributed by atoms with Crippen molar-refractivity contribution in [1.29, 1.82) is 0 Å². The Morgan fingerprint density at radius 1 is 1.22 bits per heavy atom. The SMILES string of the molecule is CCN(CC)C[C@@H]1CCCCN1C(=O)Cc1ccc(Cl)c(Cl)c1. The number of amides is 1. The molecule has 128 valence electrons. The predicted molar refractivity (Wildman–Crippen MR) is 97.3 cm³/mol. The van der Waals surface area contributed by atoms with Crippen LogP contribution in [0.5, 0.6) is 0 Å². The van der Waals surface area contributed by atoms with Gasteiger partial charge in [-0.05, 0) is 50.0 Å². The molecule has 1 atom stereocenters. The van der Waals surface area contributed by atoms with E-state index >= 15 is 0 Å². The molecule has 0 spiro atoms. The van der Waals surface area contributed by atoms with E-state index in [4.69, 9.17) is 23.2 Å². The first-order valence-electron chi connectivity index (χ1n) is 8.50. The number of benzene rings is 1. The molecule has 0 bridgehead atoms. The Hall–Kier alpha value is -0.770. The summed E-state index contributed by atoms with van der Waals surface area (Å²) in [5, 5.41) is 1.04. The number of carbonyl (C=O) groups is 1. The highest BCUT2D eigenvalue weighted by Crippen LogP contribution is 2.24. The summed E-state index contributed by atoms with van der Waals surface area (Å²) in [7, 11) is 0. The first kappa shape index (κ1) is 18.6. The molecule has 1 saturated heterocycles. The molecule has 5 heteroatoms. The molecule has 2 rings (SSSR count). The van der Waals surface area contributed by atoms with E-state index in [1.807, 2.05) is 6.07 Å². The summed E-state index contributed by atoms with van der Waals surface area (Å²) >= 11 is 12.0. The fourth-order valence-electron chi connectivity index (χ4n) is 3.22. The van der Waals surface area contributed by atoms with Crippen LogP contribution in [0.25, 0.3) is 0 Å². The number of likely N-dealkylation sites (N-methyl/N-ethyl adjacent to an activating group) is 1. The predicted octanol–water partition coefficient (Wildman–Crippen LogP) is 4.26. The minimum atomic E-state index is 0.195. The Kier molecular flexibility index (Phi) is 7.19. The van der Waals surface area contributed by atoms with Gasteiger partial charge in [-0.3, -0.25) is 4.79 Å². The lowest BCUT2D eigenvalue weighted by Crippen LogP contribution is -2.50. The topological polar surface area (TPSA) is 23.6 Å². The number of rotatable bonds is 6. The molecular formula is C18H26Cl2N2O. The van der Waals surface area contributed by atoms with Crippen LogP contribution in [0.2, 0.25) is 10.0 Å². The van der Waals surface area contributed by atoms with Crippen molar-refractivity contribution < 1.29 is 4.79 Å². The zero-order chi connectivity index (χ0) is 16.8. The summed E-state index contributed by atoms with van der Waals surface area (Å²) in [6, 6.07) is 5.77. The van der Waals surface area contributed by atoms with Crippen LogP contribution in [0.15, 0.2) is 18.2 Å². The number of hydrogen-bond donors (Lipinski definition) is 0. The first-order valence-corrected chi connectivity index (χ1v) is 9.26. The maximum absolute atomic E-state index is 12.8. The van der Waals surface area contributed by atoms with Gasteiger partial charge < -0.3 is 9.80 Å². The van der Waals surface area contributed by atoms with Crippen molar-refractivity contribution in [1.82, 2.24) is 9.80 Å². The van der Waals surface area contributed by atoms with Crippen LogP contribution in [-0.4, -0.2) is 47.9 Å². The molecule has 0 unspecified atom stereocenters. The third kappa shape index (κ3) is 5.10. The van der Waals surface area contributed by atoms with Gasteiger partial charge in [0, 0.05) is 19.1 Å². The maximum Gasteiger partial charge on any atom is 0.227 e. The molecule has 0 aliphatic carbocycles. The van der Waals surface area contributed by atoms with Gasteiger partial charge in [0.15, 0.2) is 0 Å². The third-order valence-corrected chi connectivity index (χ3v) is 5.39. The molecule has 0 aromatic heterocycles. The zero-order valence-electron chi connectivity index (χ0n) is 14.0. The fourth-order valence-corrected chi connectivity index (χ4v) is 3.55. The second-order valence-corrected chi connectivity index (χ2v) is 6.96. The molecule has 23 heavy (non-hydrogen) atoms. The second-order valence-electron chi connectivity index (χ2n) is 6.15. The quantitative estimate of drug-likeness (QED) is 0.760. The van der Waals surface area contributed by atoms with Crippen LogP contribution in [0.4, 0.5) is 0 Å². The van der Waals surface area contributed by atoms with E-state index in [0.717, 1.165) is 44.6 Å². The molecule has 0 N–H and O–H groups in total. The number of likely N-dealkylation sites (tertiary alicyclic amines) is 1. The van der Waals surface area contributed by atoms with E-state index < -0.39 is 0 Å². The number of piperidine rings is 1. The van der Waals surface area contributed by atoms with Gasteiger partial charge >= 0.3 is 0 Å². The fraction of sp³-hybridized carbons (Fsp3) is 0.611. The molecule has 1 amide bonds. The van der Waals surface area contributed by atoms with Crippen molar-refractivity contribution in [2.75, 3.05) is 26.2 Å². The number of halogens is 2. The van der Waals surface area contributed by atoms with E-state index in [1.165, 1.54) is 6.42 Å². The lowest BCUT2D eigenvalue weighted by molar-refractivity contribution is -0.134. The smallest absolute Gasteiger partial charge is 0.227 e. The minimum Gasteiger partial charge on any atom is -0.338 e. The molecule has 1 heterocycles. The average Bonchev–Trinajstić information content (AvgIpc) is 2.56. The summed E-state index contributed by atoms with van der Waals surface area (Å²) < 4.78 is 0. The molecule has 1 aliphatic heterocycles. The van der Waals surface area contributed by atoms with Crippen LogP contribution >= 0.6 is 23.2 Å². The van der Waals surface area contributed by atoms with Crippen molar-refractivity contribution in [2.24, 2.45) is 0 Å². The van der Waals surface area contributed by atoms with Crippen molar-refractivity contribution >= 4 is 29.1 Å². The van der Waals surface area contributed by atoms with E-state index in [9.17, 15) is 4.79 Å². The Bertz CT molecular complexity index is 532. The highest BCUT2D eigenvalue weighted by atomic mass is 35.5. The average molecular weight is 357 g/mol. The molecule has 1 aromatic rings. The third-order valence-electron chi connectivity index (χ3n) is 4.65. The van der Waals surface area contributed by atoms with Gasteiger partial charge in [0.05, 0.1) is 16.5 Å². The Balaban J connectivity index is 2.03. The second kappa shape index (κ2) is 8.91. The Labute approximate surface area is 149 Å². The van der Waals surface area contributed by atoms with Crippen LogP contribution in [0.1, 0.15) is 38.7 Å². The van der Waals surface area contributed by atoms with E-state index in [1.54, 1.807) is 12.1 Å². The van der Waals surface area contributed by atoms with Gasteiger partial charge in [0.25, 0.3) is 0 Å². The molecular weight excluding hydrogens is 331 g/mol. The Morgan fingerprint density at radius 3 is 2.61 bits per heavy atom. The number of carbonyl (C=O) groups excluding carboxylic acids is 1. The van der Waals surface area contributed by atoms with Gasteiger partial charge in [-0.1, -0.05) is 43.1 Å². The molecule has 1 fully saturated rings.